The molecule has 3 aromatic rings. The summed E-state index contributed by atoms with van der Waals surface area (Å²) in [4.78, 5) is 12.3. The summed E-state index contributed by atoms with van der Waals surface area (Å²) < 4.78 is 11.9. The maximum absolute atomic E-state index is 12.3. The van der Waals surface area contributed by atoms with Crippen LogP contribution in [-0.2, 0) is 14.2 Å². The average Bonchev–Trinajstić information content (AvgIpc) is 2.77. The van der Waals surface area contributed by atoms with E-state index in [1.54, 1.807) is 0 Å². The fourth-order valence-electron chi connectivity index (χ4n) is 2.76. The standard InChI is InChI=1S/C25H28NO3P/c1-25(2,3)24(27)28-19-23(20-13-7-4-8-14-20)26-29-30(21-15-9-5-10-16-21)22-17-11-6-12-18-22/h4-18,23,26H,19H2,1-3H3. The van der Waals surface area contributed by atoms with E-state index in [0.717, 1.165) is 16.2 Å². The highest BCUT2D eigenvalue weighted by atomic mass is 31.1. The molecule has 0 aliphatic heterocycles. The normalized spacial score (nSPS) is 12.5. The highest BCUT2D eigenvalue weighted by Crippen LogP contribution is 2.34. The minimum absolute atomic E-state index is 0.187. The second-order valence-electron chi connectivity index (χ2n) is 7.99. The largest absolute Gasteiger partial charge is 0.463 e. The van der Waals surface area contributed by atoms with Gasteiger partial charge in [-0.2, -0.15) is 5.48 Å². The third-order valence-corrected chi connectivity index (χ3v) is 6.29. The van der Waals surface area contributed by atoms with Crippen molar-refractivity contribution >= 4 is 24.7 Å². The van der Waals surface area contributed by atoms with Gasteiger partial charge in [-0.1, -0.05) is 91.0 Å². The van der Waals surface area contributed by atoms with E-state index in [0.29, 0.717) is 0 Å². The van der Waals surface area contributed by atoms with E-state index in [1.807, 2.05) is 87.5 Å². The summed E-state index contributed by atoms with van der Waals surface area (Å²) in [7, 11) is -1.07. The van der Waals surface area contributed by atoms with Gasteiger partial charge in [-0.15, -0.1) is 0 Å². The van der Waals surface area contributed by atoms with E-state index in [-0.39, 0.29) is 18.6 Å². The van der Waals surface area contributed by atoms with Gasteiger partial charge in [-0.3, -0.25) is 9.42 Å². The Balaban J connectivity index is 1.79. The highest BCUT2D eigenvalue weighted by Gasteiger charge is 2.25. The predicted octanol–water partition coefficient (Wildman–Crippen LogP) is 4.89. The van der Waals surface area contributed by atoms with Gasteiger partial charge in [0, 0.05) is 10.6 Å². The van der Waals surface area contributed by atoms with Gasteiger partial charge in [0.2, 0.25) is 0 Å². The van der Waals surface area contributed by atoms with Gasteiger partial charge in [0.25, 0.3) is 0 Å². The molecule has 5 heteroatoms. The van der Waals surface area contributed by atoms with Gasteiger partial charge in [-0.25, -0.2) is 0 Å². The fourth-order valence-corrected chi connectivity index (χ4v) is 4.38. The Hall–Kier alpha value is -2.52. The molecule has 0 spiro atoms. The summed E-state index contributed by atoms with van der Waals surface area (Å²) in [5.74, 6) is -0.237. The molecule has 30 heavy (non-hydrogen) atoms. The predicted molar refractivity (Wildman–Crippen MR) is 123 cm³/mol. The van der Waals surface area contributed by atoms with Crippen LogP contribution < -0.4 is 16.1 Å². The van der Waals surface area contributed by atoms with Crippen molar-refractivity contribution in [2.75, 3.05) is 6.61 Å². The minimum atomic E-state index is -1.07. The van der Waals surface area contributed by atoms with Crippen molar-refractivity contribution in [2.24, 2.45) is 5.41 Å². The number of hydrogen-bond acceptors (Lipinski definition) is 4. The van der Waals surface area contributed by atoms with E-state index < -0.39 is 13.6 Å². The monoisotopic (exact) mass is 421 g/mol. The van der Waals surface area contributed by atoms with Crippen LogP contribution in [0.4, 0.5) is 0 Å². The molecule has 0 saturated carbocycles. The van der Waals surface area contributed by atoms with Gasteiger partial charge in [-0.05, 0) is 26.3 Å². The number of ether oxygens (including phenoxy) is 1. The number of hydrogen-bond donors (Lipinski definition) is 1. The number of rotatable bonds is 8. The van der Waals surface area contributed by atoms with Gasteiger partial charge in [0.15, 0.2) is 0 Å². The van der Waals surface area contributed by atoms with Crippen LogP contribution in [0.15, 0.2) is 91.0 Å². The van der Waals surface area contributed by atoms with Crippen LogP contribution in [0.2, 0.25) is 0 Å². The van der Waals surface area contributed by atoms with E-state index in [4.69, 9.17) is 9.36 Å². The molecule has 1 unspecified atom stereocenters. The minimum Gasteiger partial charge on any atom is -0.463 e. The molecule has 0 bridgehead atoms. The SMILES string of the molecule is CC(C)(C)C(=O)OCC(NOP(c1ccccc1)c1ccccc1)c1ccccc1. The van der Waals surface area contributed by atoms with Crippen molar-refractivity contribution in [3.05, 3.63) is 96.6 Å². The molecule has 156 valence electrons. The van der Waals surface area contributed by atoms with Crippen LogP contribution in [0.3, 0.4) is 0 Å². The summed E-state index contributed by atoms with van der Waals surface area (Å²) in [5, 5.41) is 2.20. The number of carbonyl (C=O) groups is 1. The maximum atomic E-state index is 12.3. The molecule has 1 N–H and O–H groups in total. The number of benzene rings is 3. The molecule has 3 rings (SSSR count). The first-order valence-electron chi connectivity index (χ1n) is 10.00. The molecular formula is C25H28NO3P. The Morgan fingerprint density at radius 2 is 1.30 bits per heavy atom. The summed E-state index contributed by atoms with van der Waals surface area (Å²) in [6.07, 6.45) is 0. The van der Waals surface area contributed by atoms with Gasteiger partial charge >= 0.3 is 5.97 Å². The molecular weight excluding hydrogens is 393 g/mol. The fraction of sp³-hybridized carbons (Fsp3) is 0.240. The zero-order chi connectivity index (χ0) is 21.4. The van der Waals surface area contributed by atoms with E-state index >= 15 is 0 Å². The summed E-state index contributed by atoms with van der Waals surface area (Å²) in [6.45, 7) is 5.73. The van der Waals surface area contributed by atoms with Gasteiger partial charge < -0.3 is 4.74 Å². The molecule has 0 aromatic heterocycles. The Morgan fingerprint density at radius 1 is 0.833 bits per heavy atom. The zero-order valence-corrected chi connectivity index (χ0v) is 18.5. The van der Waals surface area contributed by atoms with E-state index in [1.165, 1.54) is 0 Å². The highest BCUT2D eigenvalue weighted by molar-refractivity contribution is 7.68. The van der Waals surface area contributed by atoms with Gasteiger partial charge in [0.05, 0.1) is 11.5 Å². The lowest BCUT2D eigenvalue weighted by molar-refractivity contribution is -0.154. The third kappa shape index (κ3) is 6.24. The van der Waals surface area contributed by atoms with Crippen molar-refractivity contribution in [3.63, 3.8) is 0 Å². The van der Waals surface area contributed by atoms with Gasteiger partial charge in [0.1, 0.15) is 14.8 Å². The Bertz CT molecular complexity index is 872. The lowest BCUT2D eigenvalue weighted by Gasteiger charge is -2.25. The van der Waals surface area contributed by atoms with Crippen LogP contribution in [0, 0.1) is 5.41 Å². The first-order chi connectivity index (χ1) is 14.4. The number of nitrogens with one attached hydrogen (secondary N) is 1. The maximum Gasteiger partial charge on any atom is 0.311 e. The summed E-state index contributed by atoms with van der Waals surface area (Å²) in [5.41, 5.74) is 3.63. The molecule has 0 heterocycles. The molecule has 0 radical (unpaired) electrons. The zero-order valence-electron chi connectivity index (χ0n) is 17.6. The number of esters is 1. The topological polar surface area (TPSA) is 47.6 Å². The van der Waals surface area contributed by atoms with Crippen molar-refractivity contribution < 1.29 is 14.2 Å². The Kier molecular flexibility index (Phi) is 7.75. The van der Waals surface area contributed by atoms with Crippen molar-refractivity contribution in [1.82, 2.24) is 5.48 Å². The van der Waals surface area contributed by atoms with E-state index in [9.17, 15) is 4.79 Å². The summed E-state index contributed by atoms with van der Waals surface area (Å²) in [6, 6.07) is 29.9. The molecule has 0 aliphatic rings. The molecule has 0 fully saturated rings. The average molecular weight is 421 g/mol. The smallest absolute Gasteiger partial charge is 0.311 e. The molecule has 3 aromatic carbocycles. The molecule has 0 aliphatic carbocycles. The second kappa shape index (κ2) is 10.5. The lowest BCUT2D eigenvalue weighted by Crippen LogP contribution is -2.31. The van der Waals surface area contributed by atoms with E-state index in [2.05, 4.69) is 29.7 Å². The van der Waals surface area contributed by atoms with Crippen LogP contribution in [0.25, 0.3) is 0 Å². The van der Waals surface area contributed by atoms with Crippen LogP contribution in [0.1, 0.15) is 32.4 Å². The molecule has 1 atom stereocenters. The quantitative estimate of drug-likeness (QED) is 0.320. The first kappa shape index (κ1) is 22.2. The first-order valence-corrected chi connectivity index (χ1v) is 11.3. The summed E-state index contributed by atoms with van der Waals surface area (Å²) >= 11 is 0. The Labute approximate surface area is 180 Å². The number of carbonyl (C=O) groups excluding carboxylic acids is 1. The third-order valence-electron chi connectivity index (χ3n) is 4.46. The van der Waals surface area contributed by atoms with Crippen LogP contribution in [0.5, 0.6) is 0 Å². The van der Waals surface area contributed by atoms with Crippen molar-refractivity contribution in [1.29, 1.82) is 0 Å². The molecule has 0 amide bonds. The number of hydroxylamine groups is 1. The van der Waals surface area contributed by atoms with Crippen LogP contribution in [-0.4, -0.2) is 12.6 Å². The van der Waals surface area contributed by atoms with Crippen molar-refractivity contribution in [2.45, 2.75) is 26.8 Å². The second-order valence-corrected chi connectivity index (χ2v) is 9.79. The lowest BCUT2D eigenvalue weighted by atomic mass is 9.97. The van der Waals surface area contributed by atoms with Crippen LogP contribution >= 0.6 is 8.15 Å². The molecule has 4 nitrogen and oxygen atoms in total. The van der Waals surface area contributed by atoms with Crippen molar-refractivity contribution in [3.8, 4) is 0 Å². The Morgan fingerprint density at radius 3 is 1.77 bits per heavy atom. The molecule has 0 saturated heterocycles.